The number of hydrogen-bond acceptors (Lipinski definition) is 2. The minimum atomic E-state index is -0.498. The van der Waals surface area contributed by atoms with E-state index in [0.717, 1.165) is 36.8 Å². The number of benzene rings is 1. The molecule has 0 spiro atoms. The number of rotatable bonds is 1. The summed E-state index contributed by atoms with van der Waals surface area (Å²) in [5.41, 5.74) is 2.61. The van der Waals surface area contributed by atoms with Crippen LogP contribution in [0.1, 0.15) is 35.1 Å². The largest absolute Gasteiger partial charge is 0.392 e. The quantitative estimate of drug-likeness (QED) is 0.762. The minimum absolute atomic E-state index is 0.148. The normalized spacial score (nSPS) is 14.5. The summed E-state index contributed by atoms with van der Waals surface area (Å²) in [5, 5.41) is 18.0. The summed E-state index contributed by atoms with van der Waals surface area (Å²) < 4.78 is 13.5. The maximum Gasteiger partial charge on any atom is 0.141 e. The van der Waals surface area contributed by atoms with E-state index in [9.17, 15) is 4.39 Å². The summed E-state index contributed by atoms with van der Waals surface area (Å²) in [6.45, 7) is -0.148. The first kappa shape index (κ1) is 10.1. The maximum absolute atomic E-state index is 13.5. The van der Waals surface area contributed by atoms with Crippen LogP contribution in [-0.4, -0.2) is 5.11 Å². The van der Waals surface area contributed by atoms with Gasteiger partial charge in [0.1, 0.15) is 11.9 Å². The Kier molecular flexibility index (Phi) is 2.70. The molecule has 0 heterocycles. The number of nitrogens with zero attached hydrogens (tertiary/aromatic N) is 1. The molecule has 1 aliphatic rings. The number of aliphatic hydroxyl groups excluding tert-OH is 1. The van der Waals surface area contributed by atoms with Crippen molar-refractivity contribution in [3.8, 4) is 6.07 Å². The van der Waals surface area contributed by atoms with Crippen LogP contribution in [0.4, 0.5) is 4.39 Å². The molecule has 15 heavy (non-hydrogen) atoms. The maximum atomic E-state index is 13.5. The van der Waals surface area contributed by atoms with E-state index in [1.54, 1.807) is 0 Å². The Morgan fingerprint density at radius 3 is 2.60 bits per heavy atom. The summed E-state index contributed by atoms with van der Waals surface area (Å²) in [6.07, 6.45) is 3.65. The molecule has 0 fully saturated rings. The fourth-order valence-corrected chi connectivity index (χ4v) is 2.25. The Bertz CT molecular complexity index is 434. The van der Waals surface area contributed by atoms with Gasteiger partial charge in [-0.2, -0.15) is 5.26 Å². The van der Waals surface area contributed by atoms with Crippen LogP contribution >= 0.6 is 0 Å². The Morgan fingerprint density at radius 1 is 1.33 bits per heavy atom. The monoisotopic (exact) mass is 205 g/mol. The Labute approximate surface area is 88.0 Å². The molecule has 78 valence electrons. The molecule has 0 saturated heterocycles. The molecule has 0 atom stereocenters. The van der Waals surface area contributed by atoms with E-state index in [-0.39, 0.29) is 12.2 Å². The lowest BCUT2D eigenvalue weighted by Gasteiger charge is -2.20. The molecule has 1 aromatic carbocycles. The average Bonchev–Trinajstić information content (AvgIpc) is 2.28. The zero-order valence-electron chi connectivity index (χ0n) is 8.39. The van der Waals surface area contributed by atoms with E-state index in [2.05, 4.69) is 0 Å². The predicted octanol–water partition coefficient (Wildman–Crippen LogP) is 2.07. The third-order valence-corrected chi connectivity index (χ3v) is 2.98. The standard InChI is InChI=1S/C12H12FNO/c13-12-5-8(7-15)9-3-1-2-4-10(9)11(12)6-14/h5,15H,1-4,7H2. The van der Waals surface area contributed by atoms with E-state index in [0.29, 0.717) is 5.56 Å². The van der Waals surface area contributed by atoms with Gasteiger partial charge in [0.2, 0.25) is 0 Å². The molecule has 3 heteroatoms. The van der Waals surface area contributed by atoms with Gasteiger partial charge in [0.25, 0.3) is 0 Å². The van der Waals surface area contributed by atoms with Gasteiger partial charge in [-0.25, -0.2) is 4.39 Å². The fourth-order valence-electron chi connectivity index (χ4n) is 2.25. The highest BCUT2D eigenvalue weighted by Gasteiger charge is 2.20. The molecule has 2 nitrogen and oxygen atoms in total. The first-order valence-electron chi connectivity index (χ1n) is 5.12. The molecule has 0 unspecified atom stereocenters. The number of halogens is 1. The van der Waals surface area contributed by atoms with Crippen molar-refractivity contribution in [3.63, 3.8) is 0 Å². The van der Waals surface area contributed by atoms with Gasteiger partial charge in [-0.1, -0.05) is 0 Å². The second-order valence-corrected chi connectivity index (χ2v) is 3.83. The lowest BCUT2D eigenvalue weighted by molar-refractivity contribution is 0.279. The van der Waals surface area contributed by atoms with E-state index >= 15 is 0 Å². The second kappa shape index (κ2) is 4.00. The highest BCUT2D eigenvalue weighted by atomic mass is 19.1. The van der Waals surface area contributed by atoms with Crippen LogP contribution in [0, 0.1) is 17.1 Å². The Balaban J connectivity index is 2.66. The van der Waals surface area contributed by atoms with Crippen molar-refractivity contribution in [1.82, 2.24) is 0 Å². The smallest absolute Gasteiger partial charge is 0.141 e. The van der Waals surface area contributed by atoms with Gasteiger partial charge in [-0.05, 0) is 48.4 Å². The molecular formula is C12H12FNO. The molecule has 0 bridgehead atoms. The number of nitriles is 1. The predicted molar refractivity (Wildman–Crippen MR) is 53.7 cm³/mol. The summed E-state index contributed by atoms with van der Waals surface area (Å²) in [5.74, 6) is -0.498. The van der Waals surface area contributed by atoms with E-state index in [1.807, 2.05) is 6.07 Å². The molecule has 1 aliphatic carbocycles. The Morgan fingerprint density at radius 2 is 2.00 bits per heavy atom. The van der Waals surface area contributed by atoms with Gasteiger partial charge in [-0.15, -0.1) is 0 Å². The zero-order valence-corrected chi connectivity index (χ0v) is 8.39. The van der Waals surface area contributed by atoms with Gasteiger partial charge in [0.15, 0.2) is 0 Å². The van der Waals surface area contributed by atoms with Gasteiger partial charge < -0.3 is 5.11 Å². The fraction of sp³-hybridized carbons (Fsp3) is 0.417. The topological polar surface area (TPSA) is 44.0 Å². The highest BCUT2D eigenvalue weighted by Crippen LogP contribution is 2.29. The minimum Gasteiger partial charge on any atom is -0.392 e. The van der Waals surface area contributed by atoms with Crippen molar-refractivity contribution in [2.75, 3.05) is 0 Å². The lowest BCUT2D eigenvalue weighted by atomic mass is 9.85. The van der Waals surface area contributed by atoms with Crippen LogP contribution in [0.25, 0.3) is 0 Å². The number of fused-ring (bicyclic) bond motifs is 1. The van der Waals surface area contributed by atoms with Crippen molar-refractivity contribution in [2.45, 2.75) is 32.3 Å². The van der Waals surface area contributed by atoms with Gasteiger partial charge in [-0.3, -0.25) is 0 Å². The van der Waals surface area contributed by atoms with Crippen LogP contribution in [-0.2, 0) is 19.4 Å². The third-order valence-electron chi connectivity index (χ3n) is 2.98. The van der Waals surface area contributed by atoms with Crippen LogP contribution < -0.4 is 0 Å². The van der Waals surface area contributed by atoms with Crippen molar-refractivity contribution in [3.05, 3.63) is 34.1 Å². The third kappa shape index (κ3) is 1.62. The number of aliphatic hydroxyl groups is 1. The van der Waals surface area contributed by atoms with Gasteiger partial charge >= 0.3 is 0 Å². The SMILES string of the molecule is N#Cc1c(F)cc(CO)c2c1CCCC2. The molecule has 0 amide bonds. The molecule has 0 aliphatic heterocycles. The zero-order chi connectivity index (χ0) is 10.8. The molecule has 0 aromatic heterocycles. The van der Waals surface area contributed by atoms with E-state index < -0.39 is 5.82 Å². The first-order valence-corrected chi connectivity index (χ1v) is 5.12. The average molecular weight is 205 g/mol. The molecular weight excluding hydrogens is 193 g/mol. The van der Waals surface area contributed by atoms with Gasteiger partial charge in [0.05, 0.1) is 12.2 Å². The summed E-state index contributed by atoms with van der Waals surface area (Å²) >= 11 is 0. The first-order chi connectivity index (χ1) is 7.27. The molecule has 0 saturated carbocycles. The molecule has 1 N–H and O–H groups in total. The van der Waals surface area contributed by atoms with Crippen molar-refractivity contribution < 1.29 is 9.50 Å². The van der Waals surface area contributed by atoms with Gasteiger partial charge in [0, 0.05) is 0 Å². The van der Waals surface area contributed by atoms with Crippen LogP contribution in [0.3, 0.4) is 0 Å². The lowest BCUT2D eigenvalue weighted by Crippen LogP contribution is -2.10. The van der Waals surface area contributed by atoms with Crippen LogP contribution in [0.15, 0.2) is 6.07 Å². The Hall–Kier alpha value is -1.40. The molecule has 0 radical (unpaired) electrons. The van der Waals surface area contributed by atoms with Crippen LogP contribution in [0.5, 0.6) is 0 Å². The summed E-state index contributed by atoms with van der Waals surface area (Å²) in [4.78, 5) is 0. The van der Waals surface area contributed by atoms with Crippen molar-refractivity contribution in [1.29, 1.82) is 5.26 Å². The molecule has 2 rings (SSSR count). The van der Waals surface area contributed by atoms with Crippen LogP contribution in [0.2, 0.25) is 0 Å². The highest BCUT2D eigenvalue weighted by molar-refractivity contribution is 5.48. The van der Waals surface area contributed by atoms with Crippen molar-refractivity contribution in [2.24, 2.45) is 0 Å². The summed E-state index contributed by atoms with van der Waals surface area (Å²) in [7, 11) is 0. The second-order valence-electron chi connectivity index (χ2n) is 3.83. The van der Waals surface area contributed by atoms with E-state index in [4.69, 9.17) is 10.4 Å². The van der Waals surface area contributed by atoms with Crippen molar-refractivity contribution >= 4 is 0 Å². The molecule has 1 aromatic rings. The number of hydrogen-bond donors (Lipinski definition) is 1. The van der Waals surface area contributed by atoms with E-state index in [1.165, 1.54) is 6.07 Å². The summed E-state index contributed by atoms with van der Waals surface area (Å²) in [6, 6.07) is 3.21.